The molecule has 0 aromatic carbocycles. The molecule has 0 radical (unpaired) electrons. The van der Waals surface area contributed by atoms with Crippen LogP contribution in [-0.4, -0.2) is 77.6 Å². The summed E-state index contributed by atoms with van der Waals surface area (Å²) in [6.07, 6.45) is 3.74. The number of nitrogens with one attached hydrogen (secondary N) is 1. The summed E-state index contributed by atoms with van der Waals surface area (Å²) < 4.78 is 0. The Hall–Kier alpha value is -1.72. The summed E-state index contributed by atoms with van der Waals surface area (Å²) in [7, 11) is 0. The normalized spacial score (nSPS) is 17.4. The Morgan fingerprint density at radius 2 is 2.04 bits per heavy atom. The maximum Gasteiger partial charge on any atom is 0.326 e. The molecule has 0 aromatic rings. The second-order valence-corrected chi connectivity index (χ2v) is 6.26. The van der Waals surface area contributed by atoms with Crippen molar-refractivity contribution >= 4 is 23.6 Å². The lowest BCUT2D eigenvalue weighted by Gasteiger charge is -2.33. The first kappa shape index (κ1) is 19.3. The van der Waals surface area contributed by atoms with Crippen LogP contribution < -0.4 is 5.32 Å². The molecule has 7 nitrogen and oxygen atoms in total. The standard InChI is InChI=1S/C15H24N4O3S/c1-3-18-5-7-19(8-6-18)11-12(10-16)14(20)17-13(15(21)22)4-9-23-2/h11,13H,3-9H2,1-2H3,(H,17,20)(H,21,22)/b12-11-. The first-order valence-electron chi connectivity index (χ1n) is 7.62. The highest BCUT2D eigenvalue weighted by Crippen LogP contribution is 2.06. The van der Waals surface area contributed by atoms with Gasteiger partial charge in [-0.15, -0.1) is 0 Å². The smallest absolute Gasteiger partial charge is 0.326 e. The largest absolute Gasteiger partial charge is 0.480 e. The Bertz CT molecular complexity index is 482. The van der Waals surface area contributed by atoms with Crippen LogP contribution in [0.15, 0.2) is 11.8 Å². The first-order chi connectivity index (χ1) is 11.0. The Balaban J connectivity index is 2.65. The van der Waals surface area contributed by atoms with Crippen LogP contribution in [0, 0.1) is 11.3 Å². The Labute approximate surface area is 141 Å². The quantitative estimate of drug-likeness (QED) is 0.486. The molecule has 0 aliphatic carbocycles. The van der Waals surface area contributed by atoms with Crippen molar-refractivity contribution in [1.29, 1.82) is 5.26 Å². The summed E-state index contributed by atoms with van der Waals surface area (Å²) in [5, 5.41) is 20.8. The maximum absolute atomic E-state index is 12.1. The van der Waals surface area contributed by atoms with Crippen LogP contribution >= 0.6 is 11.8 Å². The van der Waals surface area contributed by atoms with Gasteiger partial charge in [0.15, 0.2) is 0 Å². The van der Waals surface area contributed by atoms with Crippen molar-refractivity contribution in [1.82, 2.24) is 15.1 Å². The number of rotatable bonds is 8. The first-order valence-corrected chi connectivity index (χ1v) is 9.02. The van der Waals surface area contributed by atoms with Gasteiger partial charge in [-0.3, -0.25) is 4.79 Å². The van der Waals surface area contributed by atoms with Crippen molar-refractivity contribution in [3.05, 3.63) is 11.8 Å². The molecular weight excluding hydrogens is 316 g/mol. The van der Waals surface area contributed by atoms with Gasteiger partial charge in [-0.1, -0.05) is 6.92 Å². The Kier molecular flexibility index (Phi) is 8.51. The highest BCUT2D eigenvalue weighted by molar-refractivity contribution is 7.98. The highest BCUT2D eigenvalue weighted by Gasteiger charge is 2.22. The fraction of sp³-hybridized carbons (Fsp3) is 0.667. The molecule has 1 aliphatic rings. The van der Waals surface area contributed by atoms with E-state index in [1.165, 1.54) is 18.0 Å². The number of aliphatic carboxylic acids is 1. The molecule has 23 heavy (non-hydrogen) atoms. The van der Waals surface area contributed by atoms with Crippen LogP contribution in [0.5, 0.6) is 0 Å². The number of nitriles is 1. The van der Waals surface area contributed by atoms with E-state index in [1.807, 2.05) is 17.2 Å². The monoisotopic (exact) mass is 340 g/mol. The predicted molar refractivity (Wildman–Crippen MR) is 89.9 cm³/mol. The van der Waals surface area contributed by atoms with Crippen molar-refractivity contribution < 1.29 is 14.7 Å². The molecule has 2 N–H and O–H groups in total. The molecule has 1 heterocycles. The van der Waals surface area contributed by atoms with Crippen LogP contribution in [-0.2, 0) is 9.59 Å². The van der Waals surface area contributed by atoms with Crippen molar-refractivity contribution in [3.63, 3.8) is 0 Å². The second-order valence-electron chi connectivity index (χ2n) is 5.27. The van der Waals surface area contributed by atoms with Gasteiger partial charge in [-0.2, -0.15) is 17.0 Å². The zero-order valence-corrected chi connectivity index (χ0v) is 14.4. The summed E-state index contributed by atoms with van der Waals surface area (Å²) in [5.41, 5.74) is -0.0506. The number of amides is 1. The fourth-order valence-electron chi connectivity index (χ4n) is 2.26. The number of carbonyl (C=O) groups is 2. The van der Waals surface area contributed by atoms with E-state index in [-0.39, 0.29) is 5.57 Å². The van der Waals surface area contributed by atoms with Crippen LogP contribution in [0.1, 0.15) is 13.3 Å². The lowest BCUT2D eigenvalue weighted by atomic mass is 10.2. The van der Waals surface area contributed by atoms with Crippen molar-refractivity contribution in [3.8, 4) is 6.07 Å². The van der Waals surface area contributed by atoms with Crippen molar-refractivity contribution in [2.45, 2.75) is 19.4 Å². The van der Waals surface area contributed by atoms with Gasteiger partial charge in [0.25, 0.3) is 5.91 Å². The minimum atomic E-state index is -1.08. The van der Waals surface area contributed by atoms with Crippen LogP contribution in [0.3, 0.4) is 0 Å². The Morgan fingerprint density at radius 3 is 2.52 bits per heavy atom. The minimum absolute atomic E-state index is 0.0506. The van der Waals surface area contributed by atoms with Gasteiger partial charge in [0.05, 0.1) is 0 Å². The maximum atomic E-state index is 12.1. The highest BCUT2D eigenvalue weighted by atomic mass is 32.2. The van der Waals surface area contributed by atoms with Crippen molar-refractivity contribution in [2.24, 2.45) is 0 Å². The molecule has 128 valence electrons. The van der Waals surface area contributed by atoms with E-state index in [0.717, 1.165) is 32.7 Å². The molecule has 1 aliphatic heterocycles. The third-order valence-electron chi connectivity index (χ3n) is 3.74. The number of nitrogens with zero attached hydrogens (tertiary/aromatic N) is 3. The van der Waals surface area contributed by atoms with E-state index in [2.05, 4.69) is 17.1 Å². The SMILES string of the molecule is CCN1CCN(/C=C(/C#N)C(=O)NC(CCSC)C(=O)O)CC1. The summed E-state index contributed by atoms with van der Waals surface area (Å²) in [6.45, 7) is 6.36. The van der Waals surface area contributed by atoms with Crippen LogP contribution in [0.4, 0.5) is 0 Å². The molecule has 0 aromatic heterocycles. The van der Waals surface area contributed by atoms with Crippen LogP contribution in [0.25, 0.3) is 0 Å². The summed E-state index contributed by atoms with van der Waals surface area (Å²) >= 11 is 1.51. The zero-order valence-electron chi connectivity index (χ0n) is 13.6. The molecule has 1 saturated heterocycles. The van der Waals surface area contributed by atoms with Gasteiger partial charge in [0.1, 0.15) is 17.7 Å². The molecule has 1 unspecified atom stereocenters. The van der Waals surface area contributed by atoms with Gasteiger partial charge in [-0.05, 0) is 25.0 Å². The number of likely N-dealkylation sites (N-methyl/N-ethyl adjacent to an activating group) is 1. The lowest BCUT2D eigenvalue weighted by molar-refractivity contribution is -0.141. The molecule has 0 spiro atoms. The van der Waals surface area contributed by atoms with Crippen molar-refractivity contribution in [2.75, 3.05) is 44.7 Å². The molecular formula is C15H24N4O3S. The third-order valence-corrected chi connectivity index (χ3v) is 4.39. The molecule has 0 bridgehead atoms. The average molecular weight is 340 g/mol. The number of hydrogen-bond acceptors (Lipinski definition) is 6. The van der Waals surface area contributed by atoms with E-state index >= 15 is 0 Å². The third kappa shape index (κ3) is 6.50. The molecule has 0 saturated carbocycles. The van der Waals surface area contributed by atoms with E-state index < -0.39 is 17.9 Å². The molecule has 1 rings (SSSR count). The van der Waals surface area contributed by atoms with E-state index in [9.17, 15) is 14.9 Å². The Morgan fingerprint density at radius 1 is 1.39 bits per heavy atom. The summed E-state index contributed by atoms with van der Waals surface area (Å²) in [4.78, 5) is 27.5. The molecule has 1 amide bonds. The lowest BCUT2D eigenvalue weighted by Crippen LogP contribution is -2.45. The van der Waals surface area contributed by atoms with Gasteiger partial charge in [0.2, 0.25) is 0 Å². The zero-order chi connectivity index (χ0) is 17.2. The minimum Gasteiger partial charge on any atom is -0.480 e. The van der Waals surface area contributed by atoms with Gasteiger partial charge >= 0.3 is 5.97 Å². The number of carboxylic acid groups (broad SMARTS) is 1. The molecule has 8 heteroatoms. The molecule has 1 fully saturated rings. The number of thioether (sulfide) groups is 1. The van der Waals surface area contributed by atoms with Crippen LogP contribution in [0.2, 0.25) is 0 Å². The topological polar surface area (TPSA) is 96.7 Å². The summed E-state index contributed by atoms with van der Waals surface area (Å²) in [5.74, 6) is -1.08. The van der Waals surface area contributed by atoms with E-state index in [1.54, 1.807) is 0 Å². The average Bonchev–Trinajstić information content (AvgIpc) is 2.56. The van der Waals surface area contributed by atoms with Gasteiger partial charge in [-0.25, -0.2) is 4.79 Å². The number of piperazine rings is 1. The summed E-state index contributed by atoms with van der Waals surface area (Å²) in [6, 6.07) is 0.902. The van der Waals surface area contributed by atoms with E-state index in [0.29, 0.717) is 12.2 Å². The van der Waals surface area contributed by atoms with Gasteiger partial charge in [0, 0.05) is 32.4 Å². The fourth-order valence-corrected chi connectivity index (χ4v) is 2.73. The van der Waals surface area contributed by atoms with E-state index in [4.69, 9.17) is 5.11 Å². The predicted octanol–water partition coefficient (Wildman–Crippen LogP) is 0.354. The number of carboxylic acids is 1. The molecule has 1 atom stereocenters. The van der Waals surface area contributed by atoms with Gasteiger partial charge < -0.3 is 20.2 Å². The number of carbonyl (C=O) groups excluding carboxylic acids is 1. The second kappa shape index (κ2) is 10.1. The number of hydrogen-bond donors (Lipinski definition) is 2.